The first-order valence-electron chi connectivity index (χ1n) is 6.72. The molecule has 0 aromatic rings. The number of hydrogen-bond donors (Lipinski definition) is 2. The van der Waals surface area contributed by atoms with Gasteiger partial charge in [0.2, 0.25) is 5.91 Å². The second-order valence-electron chi connectivity index (χ2n) is 7.13. The monoisotopic (exact) mass is 240 g/mol. The Kier molecular flexibility index (Phi) is 4.59. The number of rotatable bonds is 3. The van der Waals surface area contributed by atoms with E-state index < -0.39 is 0 Å². The van der Waals surface area contributed by atoms with Gasteiger partial charge in [-0.3, -0.25) is 4.79 Å². The van der Waals surface area contributed by atoms with Gasteiger partial charge in [0, 0.05) is 11.5 Å². The van der Waals surface area contributed by atoms with Gasteiger partial charge in [-0.15, -0.1) is 0 Å². The van der Waals surface area contributed by atoms with Crippen LogP contribution in [0.25, 0.3) is 0 Å². The molecule has 1 fully saturated rings. The maximum absolute atomic E-state index is 12.2. The molecular formula is C14H28N2O. The Bertz CT molecular complexity index is 260. The highest BCUT2D eigenvalue weighted by Gasteiger charge is 2.30. The van der Waals surface area contributed by atoms with E-state index in [1.54, 1.807) is 0 Å². The third kappa shape index (κ3) is 5.53. The van der Waals surface area contributed by atoms with Crippen molar-refractivity contribution in [3.05, 3.63) is 0 Å². The number of hydrogen-bond acceptors (Lipinski definition) is 2. The van der Waals surface area contributed by atoms with Gasteiger partial charge >= 0.3 is 0 Å². The Morgan fingerprint density at radius 1 is 1.18 bits per heavy atom. The zero-order chi connectivity index (χ0) is 13.1. The fourth-order valence-electron chi connectivity index (χ4n) is 2.89. The van der Waals surface area contributed by atoms with Crippen LogP contribution in [-0.2, 0) is 4.79 Å². The molecule has 0 bridgehead atoms. The third-order valence-corrected chi connectivity index (χ3v) is 3.14. The minimum Gasteiger partial charge on any atom is -0.351 e. The Labute approximate surface area is 106 Å². The van der Waals surface area contributed by atoms with Crippen molar-refractivity contribution in [1.82, 2.24) is 10.6 Å². The summed E-state index contributed by atoms with van der Waals surface area (Å²) in [6.45, 7) is 12.8. The Morgan fingerprint density at radius 2 is 1.71 bits per heavy atom. The zero-order valence-corrected chi connectivity index (χ0v) is 12.0. The summed E-state index contributed by atoms with van der Waals surface area (Å²) in [5, 5.41) is 6.51. The lowest BCUT2D eigenvalue weighted by Gasteiger charge is -2.35. The average molecular weight is 240 g/mol. The predicted octanol–water partition coefficient (Wildman–Crippen LogP) is 2.32. The standard InChI is InChI=1S/C14H28N2O/c1-13(2,3)10-14(4,5)16-12(17)11-6-8-15-9-7-11/h11,15H,6-10H2,1-5H3,(H,16,17). The van der Waals surface area contributed by atoms with Crippen LogP contribution >= 0.6 is 0 Å². The van der Waals surface area contributed by atoms with Crippen molar-refractivity contribution in [2.75, 3.05) is 13.1 Å². The Morgan fingerprint density at radius 3 is 2.18 bits per heavy atom. The van der Waals surface area contributed by atoms with E-state index >= 15 is 0 Å². The van der Waals surface area contributed by atoms with Crippen molar-refractivity contribution < 1.29 is 4.79 Å². The predicted molar refractivity (Wildman–Crippen MR) is 71.9 cm³/mol. The van der Waals surface area contributed by atoms with Gasteiger partial charge in [-0.05, 0) is 51.6 Å². The minimum atomic E-state index is -0.111. The van der Waals surface area contributed by atoms with Crippen LogP contribution in [0.3, 0.4) is 0 Å². The molecule has 1 amide bonds. The fourth-order valence-corrected chi connectivity index (χ4v) is 2.89. The van der Waals surface area contributed by atoms with Gasteiger partial charge in [-0.25, -0.2) is 0 Å². The van der Waals surface area contributed by atoms with E-state index in [1.807, 2.05) is 0 Å². The summed E-state index contributed by atoms with van der Waals surface area (Å²) in [6.07, 6.45) is 2.94. The van der Waals surface area contributed by atoms with Crippen LogP contribution in [-0.4, -0.2) is 24.5 Å². The molecule has 1 heterocycles. The Hall–Kier alpha value is -0.570. The Balaban J connectivity index is 2.48. The van der Waals surface area contributed by atoms with Gasteiger partial charge in [0.25, 0.3) is 0 Å². The molecule has 0 unspecified atom stereocenters. The highest BCUT2D eigenvalue weighted by molar-refractivity contribution is 5.79. The van der Waals surface area contributed by atoms with Crippen LogP contribution in [0.4, 0.5) is 0 Å². The smallest absolute Gasteiger partial charge is 0.223 e. The van der Waals surface area contributed by atoms with E-state index in [2.05, 4.69) is 45.3 Å². The van der Waals surface area contributed by atoms with Gasteiger partial charge in [0.15, 0.2) is 0 Å². The van der Waals surface area contributed by atoms with Crippen LogP contribution in [0.2, 0.25) is 0 Å². The molecule has 0 atom stereocenters. The maximum Gasteiger partial charge on any atom is 0.223 e. The molecule has 1 saturated heterocycles. The normalized spacial score (nSPS) is 19.1. The van der Waals surface area contributed by atoms with E-state index in [1.165, 1.54) is 0 Å². The third-order valence-electron chi connectivity index (χ3n) is 3.14. The topological polar surface area (TPSA) is 41.1 Å². The van der Waals surface area contributed by atoms with E-state index in [9.17, 15) is 4.79 Å². The summed E-state index contributed by atoms with van der Waals surface area (Å²) >= 11 is 0. The van der Waals surface area contributed by atoms with E-state index in [0.717, 1.165) is 32.4 Å². The maximum atomic E-state index is 12.2. The van der Waals surface area contributed by atoms with Crippen molar-refractivity contribution in [3.8, 4) is 0 Å². The number of carbonyl (C=O) groups excluding carboxylic acids is 1. The largest absolute Gasteiger partial charge is 0.351 e. The molecule has 0 aliphatic carbocycles. The molecule has 1 aliphatic rings. The first-order chi connectivity index (χ1) is 7.70. The van der Waals surface area contributed by atoms with Gasteiger partial charge in [0.05, 0.1) is 0 Å². The molecule has 3 nitrogen and oxygen atoms in total. The lowest BCUT2D eigenvalue weighted by atomic mass is 9.81. The summed E-state index contributed by atoms with van der Waals surface area (Å²) < 4.78 is 0. The molecular weight excluding hydrogens is 212 g/mol. The molecule has 0 spiro atoms. The quantitative estimate of drug-likeness (QED) is 0.795. The van der Waals surface area contributed by atoms with Crippen LogP contribution in [0.5, 0.6) is 0 Å². The first kappa shape index (κ1) is 14.5. The molecule has 0 aromatic carbocycles. The molecule has 1 aliphatic heterocycles. The van der Waals surface area contributed by atoms with E-state index in [-0.39, 0.29) is 22.8 Å². The van der Waals surface area contributed by atoms with Crippen LogP contribution in [0, 0.1) is 11.3 Å². The molecule has 0 saturated carbocycles. The second kappa shape index (κ2) is 5.38. The van der Waals surface area contributed by atoms with Gasteiger partial charge < -0.3 is 10.6 Å². The molecule has 0 aromatic heterocycles. The molecule has 0 radical (unpaired) electrons. The van der Waals surface area contributed by atoms with Crippen LogP contribution < -0.4 is 10.6 Å². The van der Waals surface area contributed by atoms with Crippen molar-refractivity contribution in [3.63, 3.8) is 0 Å². The van der Waals surface area contributed by atoms with E-state index in [4.69, 9.17) is 0 Å². The van der Waals surface area contributed by atoms with Gasteiger partial charge in [-0.2, -0.15) is 0 Å². The number of amides is 1. The van der Waals surface area contributed by atoms with Gasteiger partial charge in [-0.1, -0.05) is 20.8 Å². The highest BCUT2D eigenvalue weighted by atomic mass is 16.2. The van der Waals surface area contributed by atoms with E-state index in [0.29, 0.717) is 0 Å². The van der Waals surface area contributed by atoms with Crippen molar-refractivity contribution in [2.24, 2.45) is 11.3 Å². The van der Waals surface area contributed by atoms with Crippen molar-refractivity contribution >= 4 is 5.91 Å². The molecule has 17 heavy (non-hydrogen) atoms. The number of piperidine rings is 1. The summed E-state index contributed by atoms with van der Waals surface area (Å²) in [4.78, 5) is 12.2. The summed E-state index contributed by atoms with van der Waals surface area (Å²) in [5.41, 5.74) is 0.130. The SMILES string of the molecule is CC(C)(C)CC(C)(C)NC(=O)C1CCNCC1. The lowest BCUT2D eigenvalue weighted by Crippen LogP contribution is -2.49. The summed E-state index contributed by atoms with van der Waals surface area (Å²) in [6, 6.07) is 0. The molecule has 1 rings (SSSR count). The molecule has 2 N–H and O–H groups in total. The van der Waals surface area contributed by atoms with Crippen molar-refractivity contribution in [1.29, 1.82) is 0 Å². The summed E-state index contributed by atoms with van der Waals surface area (Å²) in [7, 11) is 0. The minimum absolute atomic E-state index is 0.111. The fraction of sp³-hybridized carbons (Fsp3) is 0.929. The first-order valence-corrected chi connectivity index (χ1v) is 6.72. The second-order valence-corrected chi connectivity index (χ2v) is 7.13. The van der Waals surface area contributed by atoms with Crippen molar-refractivity contribution in [2.45, 2.75) is 59.4 Å². The molecule has 3 heteroatoms. The highest BCUT2D eigenvalue weighted by Crippen LogP contribution is 2.27. The average Bonchev–Trinajstić information content (AvgIpc) is 2.14. The molecule has 100 valence electrons. The zero-order valence-electron chi connectivity index (χ0n) is 12.0. The van der Waals surface area contributed by atoms with Crippen LogP contribution in [0.15, 0.2) is 0 Å². The van der Waals surface area contributed by atoms with Gasteiger partial charge in [0.1, 0.15) is 0 Å². The number of nitrogens with one attached hydrogen (secondary N) is 2. The number of carbonyl (C=O) groups is 1. The van der Waals surface area contributed by atoms with Crippen LogP contribution in [0.1, 0.15) is 53.9 Å². The summed E-state index contributed by atoms with van der Waals surface area (Å²) in [5.74, 6) is 0.441. The lowest BCUT2D eigenvalue weighted by molar-refractivity contribution is -0.127.